The van der Waals surface area contributed by atoms with E-state index in [9.17, 15) is 32.1 Å². The van der Waals surface area contributed by atoms with Crippen LogP contribution in [-0.4, -0.2) is 59.1 Å². The van der Waals surface area contributed by atoms with Crippen LogP contribution in [0.2, 0.25) is 0 Å². The maximum absolute atomic E-state index is 12.9. The maximum Gasteiger partial charge on any atom is 0.351 e. The second-order valence-electron chi connectivity index (χ2n) is 6.15. The minimum Gasteiger partial charge on any atom is -0.459 e. The van der Waals surface area contributed by atoms with E-state index in [4.69, 9.17) is 15.2 Å². The molecule has 1 aromatic carbocycles. The van der Waals surface area contributed by atoms with Crippen LogP contribution in [0.25, 0.3) is 0 Å². The number of nitrogens with zero attached hydrogens (tertiary/aromatic N) is 2. The van der Waals surface area contributed by atoms with Crippen LogP contribution in [-0.2, 0) is 19.7 Å². The average Bonchev–Trinajstić information content (AvgIpc) is 2.94. The second-order valence-corrected chi connectivity index (χ2v) is 7.50. The van der Waals surface area contributed by atoms with Crippen LogP contribution in [0, 0.1) is 0 Å². The predicted molar refractivity (Wildman–Crippen MR) is 93.9 cm³/mol. The molecule has 1 fully saturated rings. The lowest BCUT2D eigenvalue weighted by molar-refractivity contribution is -0.0598. The molecular formula is C16H16FN3O8S. The number of hydrogen-bond acceptors (Lipinski definition) is 10. The minimum atomic E-state index is -4.90. The van der Waals surface area contributed by atoms with Gasteiger partial charge in [-0.2, -0.15) is 13.4 Å². The predicted octanol–water partition coefficient (Wildman–Crippen LogP) is -1.04. The van der Waals surface area contributed by atoms with E-state index in [1.54, 1.807) is 0 Å². The van der Waals surface area contributed by atoms with Gasteiger partial charge in [0.15, 0.2) is 6.23 Å². The van der Waals surface area contributed by atoms with Gasteiger partial charge in [-0.3, -0.25) is 4.57 Å². The number of aliphatic hydroxyl groups is 2. The molecule has 156 valence electrons. The highest BCUT2D eigenvalue weighted by molar-refractivity contribution is 7.86. The summed E-state index contributed by atoms with van der Waals surface area (Å²) in [5, 5.41) is 20.2. The van der Waals surface area contributed by atoms with E-state index in [0.717, 1.165) is 28.8 Å². The lowest BCUT2D eigenvalue weighted by atomic mass is 10.1. The number of carbonyl (C=O) groups excluding carboxylic acids is 1. The van der Waals surface area contributed by atoms with Gasteiger partial charge < -0.3 is 25.4 Å². The van der Waals surface area contributed by atoms with E-state index in [-0.39, 0.29) is 11.4 Å². The zero-order valence-electron chi connectivity index (χ0n) is 14.6. The van der Waals surface area contributed by atoms with Crippen molar-refractivity contribution in [3.63, 3.8) is 0 Å². The zero-order valence-corrected chi connectivity index (χ0v) is 15.4. The van der Waals surface area contributed by atoms with Crippen molar-refractivity contribution >= 4 is 22.0 Å². The van der Waals surface area contributed by atoms with Crippen LogP contribution in [0.3, 0.4) is 0 Å². The molecule has 0 amide bonds. The Morgan fingerprint density at radius 1 is 1.24 bits per heavy atom. The first-order valence-electron chi connectivity index (χ1n) is 8.16. The lowest BCUT2D eigenvalue weighted by Crippen LogP contribution is -2.36. The molecule has 4 atom stereocenters. The summed E-state index contributed by atoms with van der Waals surface area (Å²) in [6.07, 6.45) is -4.18. The van der Waals surface area contributed by atoms with Crippen LogP contribution < -0.4 is 11.4 Å². The van der Waals surface area contributed by atoms with Crippen molar-refractivity contribution < 1.29 is 36.8 Å². The normalized spacial score (nSPS) is 24.4. The number of halogens is 1. The van der Waals surface area contributed by atoms with Crippen molar-refractivity contribution in [3.8, 4) is 0 Å². The van der Waals surface area contributed by atoms with Crippen LogP contribution in [0.1, 0.15) is 16.6 Å². The number of carbonyl (C=O) groups is 1. The Labute approximate surface area is 163 Å². The van der Waals surface area contributed by atoms with Crippen molar-refractivity contribution in [3.05, 3.63) is 52.6 Å². The summed E-state index contributed by atoms with van der Waals surface area (Å²) in [5.41, 5.74) is 4.52. The molecule has 11 nitrogen and oxygen atoms in total. The zero-order chi connectivity index (χ0) is 21.3. The van der Waals surface area contributed by atoms with Gasteiger partial charge in [0, 0.05) is 6.20 Å². The summed E-state index contributed by atoms with van der Waals surface area (Å²) in [6, 6.07) is 5.20. The molecule has 2 aromatic rings. The molecule has 4 N–H and O–H groups in total. The molecule has 0 unspecified atom stereocenters. The average molecular weight is 429 g/mol. The summed E-state index contributed by atoms with van der Waals surface area (Å²) >= 11 is 0. The molecular weight excluding hydrogens is 413 g/mol. The number of hydrogen-bond donors (Lipinski definition) is 3. The Hall–Kier alpha value is -2.87. The van der Waals surface area contributed by atoms with Gasteiger partial charge in [-0.05, 0) is 30.3 Å². The number of ether oxygens (including phenoxy) is 2. The molecule has 1 aliphatic heterocycles. The fraction of sp³-hybridized carbons (Fsp3) is 0.312. The monoisotopic (exact) mass is 429 g/mol. The topological polar surface area (TPSA) is 171 Å². The quantitative estimate of drug-likeness (QED) is 0.394. The van der Waals surface area contributed by atoms with Crippen LogP contribution in [0.15, 0.2) is 46.2 Å². The number of nitrogen functional groups attached to an aromatic ring is 1. The number of esters is 1. The number of anilines is 1. The summed E-state index contributed by atoms with van der Waals surface area (Å²) < 4.78 is 45.8. The molecule has 2 heterocycles. The molecule has 0 saturated carbocycles. The van der Waals surface area contributed by atoms with E-state index < -0.39 is 57.9 Å². The number of rotatable bonds is 5. The molecule has 1 aromatic heterocycles. The second kappa shape index (κ2) is 7.87. The standard InChI is InChI=1S/C16H16FN3O8S/c17-29(25,26)9-3-1-8(2-4-9)15(23)27-7-10-12(21)13(22)14(28-10)20-6-5-11(18)19-16(20)24/h1-6,10,12-14,21-22H,7H2,(H2,18,19,24)/t10-,12-,13-,14-/m1/s1. The van der Waals surface area contributed by atoms with E-state index in [2.05, 4.69) is 4.98 Å². The van der Waals surface area contributed by atoms with Gasteiger partial charge in [0.2, 0.25) is 0 Å². The van der Waals surface area contributed by atoms with Crippen molar-refractivity contribution in [1.82, 2.24) is 9.55 Å². The fourth-order valence-electron chi connectivity index (χ4n) is 2.71. The smallest absolute Gasteiger partial charge is 0.351 e. The van der Waals surface area contributed by atoms with Crippen LogP contribution in [0.5, 0.6) is 0 Å². The highest BCUT2D eigenvalue weighted by atomic mass is 32.3. The van der Waals surface area contributed by atoms with E-state index in [1.807, 2.05) is 0 Å². The first-order valence-corrected chi connectivity index (χ1v) is 9.54. The molecule has 29 heavy (non-hydrogen) atoms. The Balaban J connectivity index is 1.66. The van der Waals surface area contributed by atoms with Gasteiger partial charge in [-0.1, -0.05) is 0 Å². The van der Waals surface area contributed by atoms with Gasteiger partial charge in [0.25, 0.3) is 0 Å². The van der Waals surface area contributed by atoms with Crippen molar-refractivity contribution in [2.24, 2.45) is 0 Å². The van der Waals surface area contributed by atoms with Crippen molar-refractivity contribution in [2.75, 3.05) is 12.3 Å². The molecule has 1 aliphatic rings. The van der Waals surface area contributed by atoms with Gasteiger partial charge in [0.1, 0.15) is 30.7 Å². The number of nitrogens with two attached hydrogens (primary N) is 1. The van der Waals surface area contributed by atoms with Gasteiger partial charge in [-0.15, -0.1) is 3.89 Å². The SMILES string of the molecule is Nc1ccn([C@@H]2O[C@H](COC(=O)c3ccc(S(=O)(=O)F)cc3)[C@@H](O)[C@H]2O)c(=O)n1. The molecule has 3 rings (SSSR count). The highest BCUT2D eigenvalue weighted by Gasteiger charge is 2.44. The molecule has 0 spiro atoms. The van der Waals surface area contributed by atoms with Gasteiger partial charge >= 0.3 is 21.9 Å². The minimum absolute atomic E-state index is 0.0312. The Kier molecular flexibility index (Phi) is 5.66. The number of aromatic nitrogens is 2. The Bertz CT molecular complexity index is 1070. The summed E-state index contributed by atoms with van der Waals surface area (Å²) in [7, 11) is -4.90. The van der Waals surface area contributed by atoms with E-state index in [1.165, 1.54) is 12.3 Å². The maximum atomic E-state index is 12.9. The number of aliphatic hydroxyl groups excluding tert-OH is 2. The molecule has 0 aliphatic carbocycles. The first-order chi connectivity index (χ1) is 13.6. The van der Waals surface area contributed by atoms with Crippen molar-refractivity contribution in [1.29, 1.82) is 0 Å². The third-order valence-electron chi connectivity index (χ3n) is 4.21. The summed E-state index contributed by atoms with van der Waals surface area (Å²) in [4.78, 5) is 26.8. The first kappa shape index (κ1) is 20.9. The molecule has 0 radical (unpaired) electrons. The van der Waals surface area contributed by atoms with Crippen molar-refractivity contribution in [2.45, 2.75) is 29.4 Å². The van der Waals surface area contributed by atoms with E-state index in [0.29, 0.717) is 0 Å². The molecule has 13 heteroatoms. The van der Waals surface area contributed by atoms with Crippen LogP contribution >= 0.6 is 0 Å². The van der Waals surface area contributed by atoms with Gasteiger partial charge in [-0.25, -0.2) is 9.59 Å². The summed E-state index contributed by atoms with van der Waals surface area (Å²) in [6.45, 7) is -0.478. The highest BCUT2D eigenvalue weighted by Crippen LogP contribution is 2.28. The Morgan fingerprint density at radius 2 is 1.90 bits per heavy atom. The van der Waals surface area contributed by atoms with Gasteiger partial charge in [0.05, 0.1) is 10.5 Å². The lowest BCUT2D eigenvalue weighted by Gasteiger charge is -2.16. The molecule has 0 bridgehead atoms. The third kappa shape index (κ3) is 4.42. The number of benzene rings is 1. The Morgan fingerprint density at radius 3 is 2.48 bits per heavy atom. The molecule has 1 saturated heterocycles. The fourth-order valence-corrected chi connectivity index (χ4v) is 3.17. The van der Waals surface area contributed by atoms with Crippen LogP contribution in [0.4, 0.5) is 9.70 Å². The summed E-state index contributed by atoms with van der Waals surface area (Å²) in [5.74, 6) is -0.927. The largest absolute Gasteiger partial charge is 0.459 e. The third-order valence-corrected chi connectivity index (χ3v) is 5.05. The van der Waals surface area contributed by atoms with E-state index >= 15 is 0 Å².